The number of hydrogen-bond acceptors (Lipinski definition) is 1. The van der Waals surface area contributed by atoms with Gasteiger partial charge in [-0.15, -0.1) is 0 Å². The molecule has 1 heteroatoms. The van der Waals surface area contributed by atoms with Crippen molar-refractivity contribution in [3.8, 4) is 5.75 Å². The summed E-state index contributed by atoms with van der Waals surface area (Å²) in [4.78, 5) is 0. The molecular weight excluding hydrogens is 196 g/mol. The van der Waals surface area contributed by atoms with Crippen LogP contribution in [0.5, 0.6) is 5.75 Å². The molecule has 2 rings (SSSR count). The van der Waals surface area contributed by atoms with E-state index in [1.807, 2.05) is 0 Å². The van der Waals surface area contributed by atoms with Crippen molar-refractivity contribution in [3.63, 3.8) is 0 Å². The molecule has 0 saturated heterocycles. The van der Waals surface area contributed by atoms with Crippen molar-refractivity contribution < 1.29 is 4.74 Å². The Morgan fingerprint density at radius 3 is 2.62 bits per heavy atom. The highest BCUT2D eigenvalue weighted by atomic mass is 16.5. The maximum absolute atomic E-state index is 5.44. The zero-order chi connectivity index (χ0) is 11.5. The second-order valence-corrected chi connectivity index (χ2v) is 4.22. The van der Waals surface area contributed by atoms with Gasteiger partial charge in [0.15, 0.2) is 0 Å². The van der Waals surface area contributed by atoms with Gasteiger partial charge in [-0.3, -0.25) is 0 Å². The molecular formula is C15H18O. The molecule has 0 bridgehead atoms. The van der Waals surface area contributed by atoms with Crippen molar-refractivity contribution >= 4 is 10.8 Å². The maximum Gasteiger partial charge on any atom is 0.122 e. The Bertz CT molecular complexity index is 500. The van der Waals surface area contributed by atoms with Crippen LogP contribution in [0.25, 0.3) is 10.8 Å². The summed E-state index contributed by atoms with van der Waals surface area (Å²) < 4.78 is 5.44. The number of aryl methyl sites for hydroxylation is 2. The summed E-state index contributed by atoms with van der Waals surface area (Å²) in [6.45, 7) is 4.33. The lowest BCUT2D eigenvalue weighted by Crippen LogP contribution is -1.93. The van der Waals surface area contributed by atoms with Gasteiger partial charge >= 0.3 is 0 Å². The van der Waals surface area contributed by atoms with Gasteiger partial charge in [0.25, 0.3) is 0 Å². The largest absolute Gasteiger partial charge is 0.496 e. The summed E-state index contributed by atoms with van der Waals surface area (Å²) in [5, 5.41) is 2.64. The monoisotopic (exact) mass is 214 g/mol. The van der Waals surface area contributed by atoms with Crippen LogP contribution in [-0.2, 0) is 6.42 Å². The fraction of sp³-hybridized carbons (Fsp3) is 0.333. The third-order valence-corrected chi connectivity index (χ3v) is 2.96. The smallest absolute Gasteiger partial charge is 0.122 e. The molecule has 0 aliphatic carbocycles. The van der Waals surface area contributed by atoms with Crippen molar-refractivity contribution in [2.45, 2.75) is 26.7 Å². The minimum absolute atomic E-state index is 1.01. The summed E-state index contributed by atoms with van der Waals surface area (Å²) in [5.41, 5.74) is 2.64. The number of ether oxygens (including phenoxy) is 1. The third kappa shape index (κ3) is 1.90. The summed E-state index contributed by atoms with van der Waals surface area (Å²) in [6.07, 6.45) is 2.22. The van der Waals surface area contributed by atoms with Crippen molar-refractivity contribution in [2.24, 2.45) is 0 Å². The fourth-order valence-electron chi connectivity index (χ4n) is 2.19. The number of methoxy groups -OCH3 is 1. The van der Waals surface area contributed by atoms with Gasteiger partial charge < -0.3 is 4.74 Å². The molecule has 0 unspecified atom stereocenters. The van der Waals surface area contributed by atoms with Crippen LogP contribution in [0.15, 0.2) is 30.3 Å². The third-order valence-electron chi connectivity index (χ3n) is 2.96. The van der Waals surface area contributed by atoms with Gasteiger partial charge in [-0.1, -0.05) is 43.2 Å². The molecule has 2 aromatic carbocycles. The number of fused-ring (bicyclic) bond motifs is 1. The topological polar surface area (TPSA) is 9.23 Å². The molecule has 0 aliphatic rings. The first kappa shape index (κ1) is 11.0. The molecule has 0 spiro atoms. The molecule has 0 aliphatic heterocycles. The Balaban J connectivity index is 2.68. The van der Waals surface area contributed by atoms with E-state index in [1.54, 1.807) is 7.11 Å². The highest BCUT2D eigenvalue weighted by molar-refractivity contribution is 5.88. The van der Waals surface area contributed by atoms with Gasteiger partial charge in [0.1, 0.15) is 5.75 Å². The van der Waals surface area contributed by atoms with E-state index in [-0.39, 0.29) is 0 Å². The predicted octanol–water partition coefficient (Wildman–Crippen LogP) is 4.11. The zero-order valence-corrected chi connectivity index (χ0v) is 10.2. The Morgan fingerprint density at radius 2 is 1.94 bits per heavy atom. The minimum atomic E-state index is 1.01. The summed E-state index contributed by atoms with van der Waals surface area (Å²) in [5.74, 6) is 1.01. The van der Waals surface area contributed by atoms with Crippen LogP contribution < -0.4 is 4.74 Å². The number of hydrogen-bond donors (Lipinski definition) is 0. The first-order valence-corrected chi connectivity index (χ1v) is 5.82. The molecule has 0 fully saturated rings. The van der Waals surface area contributed by atoms with E-state index in [2.05, 4.69) is 44.2 Å². The molecule has 0 radical (unpaired) electrons. The van der Waals surface area contributed by atoms with E-state index in [0.29, 0.717) is 0 Å². The first-order chi connectivity index (χ1) is 7.76. The summed E-state index contributed by atoms with van der Waals surface area (Å²) >= 11 is 0. The molecule has 16 heavy (non-hydrogen) atoms. The molecule has 0 amide bonds. The SMILES string of the molecule is CCCc1c(OC)ccc2cc(C)ccc12. The zero-order valence-electron chi connectivity index (χ0n) is 10.2. The lowest BCUT2D eigenvalue weighted by Gasteiger charge is -2.11. The van der Waals surface area contributed by atoms with Crippen LogP contribution in [-0.4, -0.2) is 7.11 Å². The molecule has 2 aromatic rings. The van der Waals surface area contributed by atoms with Crippen LogP contribution in [0.4, 0.5) is 0 Å². The molecule has 0 heterocycles. The van der Waals surface area contributed by atoms with E-state index in [1.165, 1.54) is 21.9 Å². The molecule has 84 valence electrons. The normalized spacial score (nSPS) is 10.7. The number of rotatable bonds is 3. The Labute approximate surface area is 97.1 Å². The van der Waals surface area contributed by atoms with Crippen LogP contribution >= 0.6 is 0 Å². The van der Waals surface area contributed by atoms with Crippen LogP contribution in [0, 0.1) is 6.92 Å². The van der Waals surface area contributed by atoms with Crippen LogP contribution in [0.1, 0.15) is 24.5 Å². The highest BCUT2D eigenvalue weighted by Gasteiger charge is 2.07. The Hall–Kier alpha value is -1.50. The molecule has 0 aromatic heterocycles. The molecule has 0 saturated carbocycles. The standard InChI is InChI=1S/C15H18O/c1-4-5-14-13-8-6-11(2)10-12(13)7-9-15(14)16-3/h6-10H,4-5H2,1-3H3. The van der Waals surface area contributed by atoms with Gasteiger partial charge in [0.05, 0.1) is 7.11 Å². The van der Waals surface area contributed by atoms with E-state index >= 15 is 0 Å². The average Bonchev–Trinajstić information content (AvgIpc) is 2.29. The minimum Gasteiger partial charge on any atom is -0.496 e. The van der Waals surface area contributed by atoms with E-state index in [9.17, 15) is 0 Å². The predicted molar refractivity (Wildman–Crippen MR) is 69.2 cm³/mol. The quantitative estimate of drug-likeness (QED) is 0.747. The van der Waals surface area contributed by atoms with E-state index in [0.717, 1.165) is 18.6 Å². The van der Waals surface area contributed by atoms with E-state index < -0.39 is 0 Å². The second kappa shape index (κ2) is 4.56. The Morgan fingerprint density at radius 1 is 1.12 bits per heavy atom. The summed E-state index contributed by atoms with van der Waals surface area (Å²) in [6, 6.07) is 10.8. The van der Waals surface area contributed by atoms with Crippen molar-refractivity contribution in [1.82, 2.24) is 0 Å². The maximum atomic E-state index is 5.44. The van der Waals surface area contributed by atoms with E-state index in [4.69, 9.17) is 4.74 Å². The highest BCUT2D eigenvalue weighted by Crippen LogP contribution is 2.29. The molecule has 1 nitrogen and oxygen atoms in total. The van der Waals surface area contributed by atoms with Gasteiger partial charge in [-0.05, 0) is 30.2 Å². The lowest BCUT2D eigenvalue weighted by atomic mass is 9.98. The van der Waals surface area contributed by atoms with Gasteiger partial charge in [0.2, 0.25) is 0 Å². The van der Waals surface area contributed by atoms with Gasteiger partial charge in [0, 0.05) is 5.56 Å². The first-order valence-electron chi connectivity index (χ1n) is 5.82. The van der Waals surface area contributed by atoms with Crippen molar-refractivity contribution in [2.75, 3.05) is 7.11 Å². The van der Waals surface area contributed by atoms with Crippen LogP contribution in [0.2, 0.25) is 0 Å². The second-order valence-electron chi connectivity index (χ2n) is 4.22. The Kier molecular flexibility index (Phi) is 3.14. The van der Waals surface area contributed by atoms with Crippen molar-refractivity contribution in [1.29, 1.82) is 0 Å². The van der Waals surface area contributed by atoms with Crippen LogP contribution in [0.3, 0.4) is 0 Å². The summed E-state index contributed by atoms with van der Waals surface area (Å²) in [7, 11) is 1.74. The molecule has 0 atom stereocenters. The number of benzene rings is 2. The van der Waals surface area contributed by atoms with Gasteiger partial charge in [-0.2, -0.15) is 0 Å². The van der Waals surface area contributed by atoms with Gasteiger partial charge in [-0.25, -0.2) is 0 Å². The van der Waals surface area contributed by atoms with Crippen molar-refractivity contribution in [3.05, 3.63) is 41.5 Å². The lowest BCUT2D eigenvalue weighted by molar-refractivity contribution is 0.410. The molecule has 0 N–H and O–H groups in total. The fourth-order valence-corrected chi connectivity index (χ4v) is 2.19. The average molecular weight is 214 g/mol.